The van der Waals surface area contributed by atoms with E-state index in [1.807, 2.05) is 57.2 Å². The van der Waals surface area contributed by atoms with Gasteiger partial charge in [0.25, 0.3) is 0 Å². The Bertz CT molecular complexity index is 1800. The van der Waals surface area contributed by atoms with Gasteiger partial charge in [0.2, 0.25) is 5.91 Å². The van der Waals surface area contributed by atoms with Crippen molar-refractivity contribution in [2.45, 2.75) is 46.1 Å². The maximum Gasteiger partial charge on any atom is 0.339 e. The summed E-state index contributed by atoms with van der Waals surface area (Å²) in [6.45, 7) is 5.60. The second kappa shape index (κ2) is 10.7. The molecular weight excluding hydrogens is 510 g/mol. The van der Waals surface area contributed by atoms with Gasteiger partial charge in [-0.15, -0.1) is 0 Å². The fraction of sp³-hybridized carbons (Fsp3) is 0.219. The predicted octanol–water partition coefficient (Wildman–Crippen LogP) is 5.58. The summed E-state index contributed by atoms with van der Waals surface area (Å²) in [6, 6.07) is 16.9. The van der Waals surface area contributed by atoms with Crippen LogP contribution in [0.5, 0.6) is 5.75 Å². The monoisotopic (exact) mass is 539 g/mol. The molecule has 1 atom stereocenters. The van der Waals surface area contributed by atoms with Crippen LogP contribution in [0, 0.1) is 20.8 Å². The van der Waals surface area contributed by atoms with Crippen molar-refractivity contribution in [3.8, 4) is 16.9 Å². The number of phenolic OH excluding ortho intramolecular Hbond substituents is 1. The summed E-state index contributed by atoms with van der Waals surface area (Å²) in [5.41, 5.74) is 5.01. The number of furan rings is 1. The Labute approximate surface area is 229 Å². The van der Waals surface area contributed by atoms with Gasteiger partial charge in [-0.1, -0.05) is 42.5 Å². The number of rotatable bonds is 8. The highest BCUT2D eigenvalue weighted by molar-refractivity contribution is 6.05. The molecule has 3 aromatic carbocycles. The highest BCUT2D eigenvalue weighted by atomic mass is 16.4. The van der Waals surface area contributed by atoms with E-state index in [4.69, 9.17) is 8.83 Å². The molecule has 0 saturated heterocycles. The van der Waals surface area contributed by atoms with E-state index in [9.17, 15) is 24.6 Å². The summed E-state index contributed by atoms with van der Waals surface area (Å²) in [5.74, 6) is -0.836. The lowest BCUT2D eigenvalue weighted by Gasteiger charge is -2.15. The van der Waals surface area contributed by atoms with Crippen LogP contribution >= 0.6 is 0 Å². The van der Waals surface area contributed by atoms with Crippen molar-refractivity contribution in [3.63, 3.8) is 0 Å². The van der Waals surface area contributed by atoms with Gasteiger partial charge in [0.1, 0.15) is 28.7 Å². The number of hydrogen-bond donors (Lipinski definition) is 3. The zero-order chi connectivity index (χ0) is 28.6. The maximum absolute atomic E-state index is 13.0. The Hall–Kier alpha value is -4.85. The number of aryl methyl sites for hydroxylation is 3. The molecule has 204 valence electrons. The number of nitrogens with one attached hydrogen (secondary N) is 1. The Morgan fingerprint density at radius 2 is 1.57 bits per heavy atom. The van der Waals surface area contributed by atoms with Crippen LogP contribution < -0.4 is 10.9 Å². The highest BCUT2D eigenvalue weighted by Gasteiger charge is 2.23. The quantitative estimate of drug-likeness (QED) is 0.219. The first-order valence-corrected chi connectivity index (χ1v) is 13.0. The number of hydrogen-bond acceptors (Lipinski definition) is 6. The molecule has 2 heterocycles. The average Bonchev–Trinajstić information content (AvgIpc) is 3.26. The van der Waals surface area contributed by atoms with Crippen molar-refractivity contribution in [2.75, 3.05) is 0 Å². The van der Waals surface area contributed by atoms with Gasteiger partial charge >= 0.3 is 11.6 Å². The van der Waals surface area contributed by atoms with Crippen LogP contribution in [0.15, 0.2) is 74.3 Å². The van der Waals surface area contributed by atoms with Gasteiger partial charge in [-0.2, -0.15) is 0 Å². The number of carboxylic acids is 1. The van der Waals surface area contributed by atoms with Crippen LogP contribution in [0.25, 0.3) is 33.1 Å². The van der Waals surface area contributed by atoms with Gasteiger partial charge in [-0.3, -0.25) is 4.79 Å². The van der Waals surface area contributed by atoms with Crippen LogP contribution in [0.3, 0.4) is 0 Å². The first-order valence-electron chi connectivity index (χ1n) is 13.0. The summed E-state index contributed by atoms with van der Waals surface area (Å²) < 4.78 is 11.9. The van der Waals surface area contributed by atoms with E-state index in [1.165, 1.54) is 12.1 Å². The largest absolute Gasteiger partial charge is 0.508 e. The van der Waals surface area contributed by atoms with Gasteiger partial charge in [0.15, 0.2) is 0 Å². The molecule has 1 unspecified atom stereocenters. The fourth-order valence-corrected chi connectivity index (χ4v) is 5.20. The normalized spacial score (nSPS) is 12.1. The highest BCUT2D eigenvalue weighted by Crippen LogP contribution is 2.39. The third-order valence-corrected chi connectivity index (χ3v) is 7.31. The number of carbonyl (C=O) groups excluding carboxylic acids is 1. The lowest BCUT2D eigenvalue weighted by molar-refractivity contribution is -0.141. The summed E-state index contributed by atoms with van der Waals surface area (Å²) in [6.07, 6.45) is 0.0634. The Morgan fingerprint density at radius 3 is 2.25 bits per heavy atom. The van der Waals surface area contributed by atoms with Gasteiger partial charge in [-0.25, -0.2) is 9.59 Å². The number of aromatic hydroxyl groups is 1. The molecule has 1 amide bonds. The summed E-state index contributed by atoms with van der Waals surface area (Å²) >= 11 is 0. The molecule has 3 N–H and O–H groups in total. The number of benzene rings is 3. The zero-order valence-corrected chi connectivity index (χ0v) is 22.4. The SMILES string of the molecule is Cc1oc2c(C)c3oc(=O)c(CCC(=O)NC(Cc4ccc(O)cc4)C(=O)O)c(C)c3cc2c1-c1ccccc1. The Balaban J connectivity index is 1.43. The van der Waals surface area contributed by atoms with Gasteiger partial charge < -0.3 is 24.4 Å². The second-order valence-corrected chi connectivity index (χ2v) is 9.98. The van der Waals surface area contributed by atoms with Gasteiger partial charge in [-0.05, 0) is 62.1 Å². The van der Waals surface area contributed by atoms with E-state index >= 15 is 0 Å². The zero-order valence-electron chi connectivity index (χ0n) is 22.4. The van der Waals surface area contributed by atoms with Crippen LogP contribution in [0.4, 0.5) is 0 Å². The molecule has 2 aromatic heterocycles. The maximum atomic E-state index is 13.0. The molecule has 5 aromatic rings. The number of carbonyl (C=O) groups is 2. The molecule has 0 aliphatic rings. The lowest BCUT2D eigenvalue weighted by Crippen LogP contribution is -2.42. The number of carboxylic acid groups (broad SMARTS) is 1. The van der Waals surface area contributed by atoms with Crippen molar-refractivity contribution in [3.05, 3.63) is 99.1 Å². The first-order chi connectivity index (χ1) is 19.1. The molecule has 0 aliphatic heterocycles. The molecule has 0 radical (unpaired) electrons. The molecule has 5 rings (SSSR count). The Morgan fingerprint density at radius 1 is 0.900 bits per heavy atom. The predicted molar refractivity (Wildman–Crippen MR) is 152 cm³/mol. The van der Waals surface area contributed by atoms with Crippen LogP contribution in [-0.2, 0) is 22.4 Å². The van der Waals surface area contributed by atoms with E-state index in [0.29, 0.717) is 27.9 Å². The lowest BCUT2D eigenvalue weighted by atomic mass is 9.96. The molecule has 40 heavy (non-hydrogen) atoms. The minimum atomic E-state index is -1.17. The van der Waals surface area contributed by atoms with E-state index in [0.717, 1.165) is 33.2 Å². The van der Waals surface area contributed by atoms with E-state index in [-0.39, 0.29) is 25.0 Å². The molecular formula is C32H29NO7. The number of fused-ring (bicyclic) bond motifs is 2. The molecule has 0 saturated carbocycles. The van der Waals surface area contributed by atoms with Crippen LogP contribution in [0.1, 0.15) is 34.4 Å². The van der Waals surface area contributed by atoms with E-state index < -0.39 is 23.5 Å². The number of phenols is 1. The van der Waals surface area contributed by atoms with Crippen LogP contribution in [-0.4, -0.2) is 28.1 Å². The van der Waals surface area contributed by atoms with Gasteiger partial charge in [0, 0.05) is 40.3 Å². The summed E-state index contributed by atoms with van der Waals surface area (Å²) in [5, 5.41) is 23.3. The molecule has 0 bridgehead atoms. The minimum Gasteiger partial charge on any atom is -0.508 e. The molecule has 0 aliphatic carbocycles. The molecule has 8 heteroatoms. The molecule has 0 spiro atoms. The van der Waals surface area contributed by atoms with Crippen molar-refractivity contribution < 1.29 is 28.6 Å². The second-order valence-electron chi connectivity index (χ2n) is 9.98. The molecule has 0 fully saturated rings. The van der Waals surface area contributed by atoms with Crippen LogP contribution in [0.2, 0.25) is 0 Å². The summed E-state index contributed by atoms with van der Waals surface area (Å²) in [4.78, 5) is 37.5. The van der Waals surface area contributed by atoms with E-state index in [2.05, 4.69) is 5.32 Å². The summed E-state index contributed by atoms with van der Waals surface area (Å²) in [7, 11) is 0. The minimum absolute atomic E-state index is 0.0572. The van der Waals surface area contributed by atoms with Crippen molar-refractivity contribution in [1.29, 1.82) is 0 Å². The van der Waals surface area contributed by atoms with E-state index in [1.54, 1.807) is 12.1 Å². The van der Waals surface area contributed by atoms with Gasteiger partial charge in [0.05, 0.1) is 0 Å². The van der Waals surface area contributed by atoms with Crippen molar-refractivity contribution >= 4 is 33.8 Å². The Kier molecular flexibility index (Phi) is 7.17. The van der Waals surface area contributed by atoms with Crippen molar-refractivity contribution in [1.82, 2.24) is 5.32 Å². The smallest absolute Gasteiger partial charge is 0.339 e. The first kappa shape index (κ1) is 26.7. The standard InChI is InChI=1S/C32H29NO7/c1-17-23(13-14-27(35)33-26(31(36)37)15-20-9-11-22(34)12-10-20)32(38)40-29-18(2)30-25(16-24(17)29)28(19(3)39-30)21-7-5-4-6-8-21/h4-12,16,26,34H,13-15H2,1-3H3,(H,33,35)(H,36,37). The van der Waals surface area contributed by atoms with Crippen molar-refractivity contribution in [2.24, 2.45) is 0 Å². The number of amides is 1. The number of aliphatic carboxylic acids is 1. The molecule has 8 nitrogen and oxygen atoms in total. The average molecular weight is 540 g/mol. The third-order valence-electron chi connectivity index (χ3n) is 7.31. The third kappa shape index (κ3) is 5.08. The topological polar surface area (TPSA) is 130 Å². The fourth-order valence-electron chi connectivity index (χ4n) is 5.20.